The maximum Gasteiger partial charge on any atom is 0.434 e. The van der Waals surface area contributed by atoms with Gasteiger partial charge in [-0.3, -0.25) is 0 Å². The maximum atomic E-state index is 13.4. The molecular weight excluding hydrogens is 444 g/mol. The molecule has 8 nitrogen and oxygen atoms in total. The first-order chi connectivity index (χ1) is 15.2. The number of rotatable bonds is 7. The number of terminal acetylenes is 1. The number of hydrogen-bond acceptors (Lipinski definition) is 6. The Morgan fingerprint density at radius 2 is 1.94 bits per heavy atom. The summed E-state index contributed by atoms with van der Waals surface area (Å²) >= 11 is 0. The highest BCUT2D eigenvalue weighted by atomic mass is 32.2. The number of aromatic nitrogens is 2. The number of nitrogens with one attached hydrogen (secondary N) is 1. The van der Waals surface area contributed by atoms with E-state index in [-0.39, 0.29) is 37.1 Å². The number of aliphatic hydroxyl groups excluding tert-OH is 1. The first-order valence-corrected chi connectivity index (χ1v) is 11.9. The largest absolute Gasteiger partial charge is 0.434 e. The molecule has 0 bridgehead atoms. The molecule has 0 saturated heterocycles. The molecule has 1 heterocycles. The van der Waals surface area contributed by atoms with E-state index in [0.717, 1.165) is 35.2 Å². The van der Waals surface area contributed by atoms with Crippen molar-refractivity contribution in [1.29, 1.82) is 0 Å². The number of aliphatic hydroxyl groups is 1. The summed E-state index contributed by atoms with van der Waals surface area (Å²) in [6, 6.07) is 3.02. The van der Waals surface area contributed by atoms with Crippen molar-refractivity contribution >= 4 is 10.0 Å². The van der Waals surface area contributed by atoms with Gasteiger partial charge in [0.05, 0.1) is 6.26 Å². The van der Waals surface area contributed by atoms with Gasteiger partial charge in [0.2, 0.25) is 15.9 Å². The summed E-state index contributed by atoms with van der Waals surface area (Å²) in [6.07, 6.45) is 10.5. The van der Waals surface area contributed by atoms with E-state index in [1.807, 2.05) is 20.8 Å². The maximum absolute atomic E-state index is 13.4. The Morgan fingerprint density at radius 3 is 2.38 bits per heavy atom. The van der Waals surface area contributed by atoms with Gasteiger partial charge in [-0.25, -0.2) is 27.1 Å². The molecule has 1 aromatic carbocycles. The Balaban J connectivity index is 0.000000549. The van der Waals surface area contributed by atoms with Gasteiger partial charge in [-0.15, -0.1) is 17.9 Å². The van der Waals surface area contributed by atoms with Crippen LogP contribution in [-0.4, -0.2) is 47.4 Å². The lowest BCUT2D eigenvalue weighted by Crippen LogP contribution is -2.30. The van der Waals surface area contributed by atoms with Gasteiger partial charge in [0.1, 0.15) is 11.6 Å². The van der Waals surface area contributed by atoms with Crippen molar-refractivity contribution in [3.05, 3.63) is 51.8 Å². The fraction of sp³-hybridized carbons (Fsp3) is 0.524. The van der Waals surface area contributed by atoms with Crippen LogP contribution in [0.3, 0.4) is 0 Å². The summed E-state index contributed by atoms with van der Waals surface area (Å²) in [5, 5.41) is 14.5. The lowest BCUT2D eigenvalue weighted by Gasteiger charge is -2.19. The van der Waals surface area contributed by atoms with Crippen LogP contribution in [0.15, 0.2) is 27.4 Å². The molecule has 3 rings (SSSR count). The summed E-state index contributed by atoms with van der Waals surface area (Å²) in [7, 11) is -3.41. The van der Waals surface area contributed by atoms with Crippen molar-refractivity contribution in [1.82, 2.24) is 14.5 Å². The van der Waals surface area contributed by atoms with E-state index in [2.05, 4.69) is 23.0 Å². The van der Waals surface area contributed by atoms with Crippen molar-refractivity contribution < 1.29 is 26.7 Å². The normalized spacial score (nSPS) is 16.6. The van der Waals surface area contributed by atoms with Crippen LogP contribution in [0.1, 0.15) is 51.0 Å². The fourth-order valence-electron chi connectivity index (χ4n) is 2.62. The van der Waals surface area contributed by atoms with Crippen LogP contribution in [0, 0.1) is 30.4 Å². The van der Waals surface area contributed by atoms with Crippen LogP contribution in [0.2, 0.25) is 0 Å². The molecule has 0 amide bonds. The minimum absolute atomic E-state index is 0.0453. The van der Waals surface area contributed by atoms with Gasteiger partial charge < -0.3 is 9.52 Å². The summed E-state index contributed by atoms with van der Waals surface area (Å²) in [5.74, 6) is -0.888. The molecule has 1 aliphatic carbocycles. The monoisotopic (exact) mass is 475 g/mol. The summed E-state index contributed by atoms with van der Waals surface area (Å²) in [5.41, 5.74) is 0.0453. The van der Waals surface area contributed by atoms with Crippen molar-refractivity contribution in [2.75, 3.05) is 19.4 Å². The van der Waals surface area contributed by atoms with Crippen LogP contribution >= 0.6 is 0 Å². The zero-order valence-electron chi connectivity index (χ0n) is 18.7. The number of sulfonamides is 1. The molecule has 1 aromatic heterocycles. The number of aromatic amines is 1. The first kappa shape index (κ1) is 29.5. The zero-order valence-corrected chi connectivity index (χ0v) is 19.5. The van der Waals surface area contributed by atoms with Crippen LogP contribution in [0.25, 0.3) is 0 Å². The predicted octanol–water partition coefficient (Wildman–Crippen LogP) is 2.87. The fourth-order valence-corrected chi connectivity index (χ4v) is 3.51. The minimum Gasteiger partial charge on any atom is -0.396 e. The standard InChI is InChI=1S/C11H15F2NO2S.C6H8N2O3.C2H6.C2H2/c1-3-6-14(17(2,15)16)8-9-7-10(12)4-5-11(9)13;9-2-3-1-4(3)5-7-8-6(10)11-5;2*1-2/h4-5,7H,3,6,8H2,1-2H3;3-4,9H,1-2H2,(H,8,10);1-2H3;1-2H/t;3-,4+;;/m.1../s1. The molecule has 0 spiro atoms. The van der Waals surface area contributed by atoms with E-state index in [1.54, 1.807) is 0 Å². The highest BCUT2D eigenvalue weighted by molar-refractivity contribution is 7.88. The quantitative estimate of drug-likeness (QED) is 0.595. The molecule has 1 saturated carbocycles. The number of benzene rings is 1. The SMILES string of the molecule is C#C.CC.CCCN(Cc1cc(F)ccc1F)S(C)(=O)=O.O=c1[nH]nc([C@H]2C[C@@H]2CO)o1. The van der Waals surface area contributed by atoms with E-state index in [4.69, 9.17) is 9.52 Å². The third-order valence-corrected chi connectivity index (χ3v) is 5.48. The van der Waals surface area contributed by atoms with Crippen LogP contribution < -0.4 is 5.76 Å². The van der Waals surface area contributed by atoms with Gasteiger partial charge in [0.25, 0.3) is 0 Å². The van der Waals surface area contributed by atoms with Crippen molar-refractivity contribution in [3.63, 3.8) is 0 Å². The molecule has 1 fully saturated rings. The number of nitrogens with zero attached hydrogens (tertiary/aromatic N) is 2. The van der Waals surface area contributed by atoms with Gasteiger partial charge in [-0.2, -0.15) is 4.31 Å². The van der Waals surface area contributed by atoms with Gasteiger partial charge in [0, 0.05) is 31.2 Å². The topological polar surface area (TPSA) is 117 Å². The Labute approximate surface area is 187 Å². The molecule has 0 aliphatic heterocycles. The second kappa shape index (κ2) is 14.5. The Morgan fingerprint density at radius 1 is 1.31 bits per heavy atom. The predicted molar refractivity (Wildman–Crippen MR) is 118 cm³/mol. The Bertz CT molecular complexity index is 989. The average Bonchev–Trinajstić information content (AvgIpc) is 3.44. The van der Waals surface area contributed by atoms with Crippen molar-refractivity contribution in [2.24, 2.45) is 5.92 Å². The van der Waals surface area contributed by atoms with Crippen molar-refractivity contribution in [3.8, 4) is 12.8 Å². The summed E-state index contributed by atoms with van der Waals surface area (Å²) in [4.78, 5) is 10.5. The smallest absolute Gasteiger partial charge is 0.396 e. The highest BCUT2D eigenvalue weighted by Crippen LogP contribution is 2.45. The zero-order chi connectivity index (χ0) is 24.9. The van der Waals surface area contributed by atoms with E-state index in [9.17, 15) is 22.0 Å². The summed E-state index contributed by atoms with van der Waals surface area (Å²) in [6.45, 7) is 6.10. The van der Waals surface area contributed by atoms with E-state index in [1.165, 1.54) is 0 Å². The van der Waals surface area contributed by atoms with Gasteiger partial charge in [-0.1, -0.05) is 20.8 Å². The summed E-state index contributed by atoms with van der Waals surface area (Å²) < 4.78 is 55.0. The number of H-pyrrole nitrogens is 1. The molecule has 32 heavy (non-hydrogen) atoms. The highest BCUT2D eigenvalue weighted by Gasteiger charge is 2.41. The molecule has 180 valence electrons. The van der Waals surface area contributed by atoms with Crippen molar-refractivity contribution in [2.45, 2.75) is 46.1 Å². The molecular formula is C21H31F2N3O5S. The lowest BCUT2D eigenvalue weighted by molar-refractivity contribution is 0.270. The molecule has 11 heteroatoms. The number of hydrogen-bond donors (Lipinski definition) is 2. The Hall–Kier alpha value is -2.55. The first-order valence-electron chi connectivity index (χ1n) is 10.0. The molecule has 1 aliphatic rings. The molecule has 2 atom stereocenters. The molecule has 0 unspecified atom stereocenters. The molecule has 2 N–H and O–H groups in total. The van der Waals surface area contributed by atoms with Gasteiger partial charge in [-0.05, 0) is 37.0 Å². The third-order valence-electron chi connectivity index (χ3n) is 4.23. The second-order valence-corrected chi connectivity index (χ2v) is 8.55. The Kier molecular flexibility index (Phi) is 13.3. The minimum atomic E-state index is -3.41. The second-order valence-electron chi connectivity index (χ2n) is 6.57. The molecule has 0 radical (unpaired) electrons. The van der Waals surface area contributed by atoms with Gasteiger partial charge in [0.15, 0.2) is 0 Å². The lowest BCUT2D eigenvalue weighted by atomic mass is 10.2. The van der Waals surface area contributed by atoms with E-state index in [0.29, 0.717) is 12.3 Å². The van der Waals surface area contributed by atoms with Crippen LogP contribution in [0.4, 0.5) is 8.78 Å². The average molecular weight is 476 g/mol. The molecule has 2 aromatic rings. The van der Waals surface area contributed by atoms with E-state index < -0.39 is 27.4 Å². The van der Waals surface area contributed by atoms with Crippen LogP contribution in [0.5, 0.6) is 0 Å². The van der Waals surface area contributed by atoms with Gasteiger partial charge >= 0.3 is 5.76 Å². The number of halogens is 2. The van der Waals surface area contributed by atoms with Crippen LogP contribution in [-0.2, 0) is 16.6 Å². The third kappa shape index (κ3) is 9.72. The van der Waals surface area contributed by atoms with E-state index >= 15 is 0 Å².